The molecule has 0 aliphatic carbocycles. The fourth-order valence-corrected chi connectivity index (χ4v) is 2.13. The van der Waals surface area contributed by atoms with Crippen molar-refractivity contribution in [1.82, 2.24) is 0 Å². The van der Waals surface area contributed by atoms with Gasteiger partial charge in [-0.05, 0) is 24.6 Å². The minimum Gasteiger partial charge on any atom is -0.396 e. The number of ether oxygens (including phenoxy) is 1. The van der Waals surface area contributed by atoms with Gasteiger partial charge in [0.15, 0.2) is 0 Å². The molecule has 5 heteroatoms. The number of rotatable bonds is 5. The Labute approximate surface area is 132 Å². The molecule has 3 N–H and O–H groups in total. The first-order valence-corrected chi connectivity index (χ1v) is 7.60. The normalized spacial score (nSPS) is 16.8. The third kappa shape index (κ3) is 3.78. The summed E-state index contributed by atoms with van der Waals surface area (Å²) in [5.41, 5.74) is 2.23. The Hall–Kier alpha value is -1.59. The molecule has 1 aromatic rings. The van der Waals surface area contributed by atoms with Crippen LogP contribution < -0.4 is 10.6 Å². The first kappa shape index (κ1) is 16.8. The molecule has 0 atom stereocenters. The van der Waals surface area contributed by atoms with Crippen molar-refractivity contribution >= 4 is 17.3 Å². The van der Waals surface area contributed by atoms with Crippen molar-refractivity contribution in [2.24, 2.45) is 10.8 Å². The van der Waals surface area contributed by atoms with E-state index in [0.29, 0.717) is 19.8 Å². The van der Waals surface area contributed by atoms with Crippen LogP contribution in [0.1, 0.15) is 26.3 Å². The number of aliphatic hydroxyl groups is 1. The Morgan fingerprint density at radius 3 is 2.55 bits per heavy atom. The third-order valence-electron chi connectivity index (χ3n) is 3.98. The molecule has 0 unspecified atom stereocenters. The van der Waals surface area contributed by atoms with Crippen LogP contribution in [0.2, 0.25) is 0 Å². The predicted molar refractivity (Wildman–Crippen MR) is 88.1 cm³/mol. The number of hydrogen-bond acceptors (Lipinski definition) is 4. The number of benzene rings is 1. The van der Waals surface area contributed by atoms with Gasteiger partial charge in [0.2, 0.25) is 5.91 Å². The minimum atomic E-state index is -0.428. The Bertz CT molecular complexity index is 540. The van der Waals surface area contributed by atoms with Crippen LogP contribution in [0.4, 0.5) is 11.4 Å². The summed E-state index contributed by atoms with van der Waals surface area (Å²) in [6.07, 6.45) is 0. The van der Waals surface area contributed by atoms with Crippen molar-refractivity contribution in [2.75, 3.05) is 37.0 Å². The lowest BCUT2D eigenvalue weighted by Gasteiger charge is -2.40. The van der Waals surface area contributed by atoms with E-state index in [1.165, 1.54) is 0 Å². The van der Waals surface area contributed by atoms with Gasteiger partial charge in [-0.25, -0.2) is 0 Å². The molecule has 1 heterocycles. The summed E-state index contributed by atoms with van der Waals surface area (Å²) in [4.78, 5) is 12.1. The molecular weight excluding hydrogens is 280 g/mol. The van der Waals surface area contributed by atoms with Gasteiger partial charge >= 0.3 is 0 Å². The smallest absolute Gasteiger partial charge is 0.229 e. The molecule has 0 spiro atoms. The summed E-state index contributed by atoms with van der Waals surface area (Å²) < 4.78 is 5.20. The number of carbonyl (C=O) groups excluding carboxylic acids is 1. The number of hydrogen-bond donors (Lipinski definition) is 3. The summed E-state index contributed by atoms with van der Waals surface area (Å²) in [6, 6.07) is 5.81. The second-order valence-electron chi connectivity index (χ2n) is 7.24. The zero-order valence-electron chi connectivity index (χ0n) is 13.8. The van der Waals surface area contributed by atoms with E-state index in [-0.39, 0.29) is 17.9 Å². The minimum absolute atomic E-state index is 0.0125. The summed E-state index contributed by atoms with van der Waals surface area (Å²) >= 11 is 0. The molecule has 1 aliphatic heterocycles. The first-order chi connectivity index (χ1) is 10.3. The first-order valence-electron chi connectivity index (χ1n) is 7.60. The van der Waals surface area contributed by atoms with E-state index in [9.17, 15) is 9.90 Å². The predicted octanol–water partition coefficient (Wildman–Crippen LogP) is 2.40. The van der Waals surface area contributed by atoms with E-state index >= 15 is 0 Å². The van der Waals surface area contributed by atoms with E-state index in [1.807, 2.05) is 45.9 Å². The highest BCUT2D eigenvalue weighted by Gasteiger charge is 2.37. The van der Waals surface area contributed by atoms with Crippen LogP contribution in [0.5, 0.6) is 0 Å². The van der Waals surface area contributed by atoms with Crippen LogP contribution in [0.3, 0.4) is 0 Å². The zero-order chi connectivity index (χ0) is 16.4. The lowest BCUT2D eigenvalue weighted by Crippen LogP contribution is -2.50. The van der Waals surface area contributed by atoms with Gasteiger partial charge < -0.3 is 20.5 Å². The second-order valence-corrected chi connectivity index (χ2v) is 7.24. The highest BCUT2D eigenvalue weighted by molar-refractivity contribution is 5.95. The fourth-order valence-electron chi connectivity index (χ4n) is 2.13. The van der Waals surface area contributed by atoms with Crippen molar-refractivity contribution in [3.63, 3.8) is 0 Å². The molecule has 0 radical (unpaired) electrons. The van der Waals surface area contributed by atoms with Crippen molar-refractivity contribution < 1.29 is 14.6 Å². The molecule has 1 saturated heterocycles. The summed E-state index contributed by atoms with van der Waals surface area (Å²) in [6.45, 7) is 9.60. The highest BCUT2D eigenvalue weighted by atomic mass is 16.5. The molecule has 1 aromatic carbocycles. The van der Waals surface area contributed by atoms with E-state index in [1.54, 1.807) is 0 Å². The van der Waals surface area contributed by atoms with Crippen molar-refractivity contribution in [1.29, 1.82) is 0 Å². The molecule has 5 nitrogen and oxygen atoms in total. The van der Waals surface area contributed by atoms with Gasteiger partial charge in [-0.2, -0.15) is 0 Å². The van der Waals surface area contributed by atoms with Crippen LogP contribution >= 0.6 is 0 Å². The standard InChI is InChI=1S/C17H26N2O3/c1-12-5-6-13(19-15(21)16(2,3)4)7-14(12)18-8-17(9-20)10-22-11-17/h5-7,18,20H,8-11H2,1-4H3,(H,19,21). The number of nitrogens with one attached hydrogen (secondary N) is 2. The highest BCUT2D eigenvalue weighted by Crippen LogP contribution is 2.29. The number of carbonyl (C=O) groups is 1. The fraction of sp³-hybridized carbons (Fsp3) is 0.588. The average Bonchev–Trinajstić information content (AvgIpc) is 2.40. The maximum absolute atomic E-state index is 12.1. The van der Waals surface area contributed by atoms with Crippen LogP contribution in [0, 0.1) is 17.8 Å². The van der Waals surface area contributed by atoms with E-state index in [4.69, 9.17) is 4.74 Å². The SMILES string of the molecule is Cc1ccc(NC(=O)C(C)(C)C)cc1NCC1(CO)COC1. The molecule has 22 heavy (non-hydrogen) atoms. The van der Waals surface area contributed by atoms with Crippen molar-refractivity contribution in [3.8, 4) is 0 Å². The Morgan fingerprint density at radius 2 is 2.05 bits per heavy atom. The van der Waals surface area contributed by atoms with Crippen LogP contribution in [-0.4, -0.2) is 37.4 Å². The van der Waals surface area contributed by atoms with Gasteiger partial charge in [-0.15, -0.1) is 0 Å². The lowest BCUT2D eigenvalue weighted by atomic mass is 9.87. The van der Waals surface area contributed by atoms with E-state index < -0.39 is 5.41 Å². The van der Waals surface area contributed by atoms with Gasteiger partial charge in [-0.3, -0.25) is 4.79 Å². The summed E-state index contributed by atoms with van der Waals surface area (Å²) in [5.74, 6) is -0.0125. The van der Waals surface area contributed by atoms with Gasteiger partial charge in [0.05, 0.1) is 25.2 Å². The number of amides is 1. The second kappa shape index (κ2) is 6.26. The van der Waals surface area contributed by atoms with Crippen LogP contribution in [-0.2, 0) is 9.53 Å². The van der Waals surface area contributed by atoms with Gasteiger partial charge in [0, 0.05) is 23.3 Å². The number of anilines is 2. The van der Waals surface area contributed by atoms with Crippen LogP contribution in [0.25, 0.3) is 0 Å². The molecule has 0 bridgehead atoms. The molecule has 1 amide bonds. The largest absolute Gasteiger partial charge is 0.396 e. The van der Waals surface area contributed by atoms with Gasteiger partial charge in [0.25, 0.3) is 0 Å². The maximum Gasteiger partial charge on any atom is 0.229 e. The molecule has 1 aliphatic rings. The topological polar surface area (TPSA) is 70.6 Å². The van der Waals surface area contributed by atoms with Crippen LogP contribution in [0.15, 0.2) is 18.2 Å². The maximum atomic E-state index is 12.1. The molecule has 122 valence electrons. The Kier molecular flexibility index (Phi) is 4.78. The van der Waals surface area contributed by atoms with E-state index in [2.05, 4.69) is 10.6 Å². The van der Waals surface area contributed by atoms with Gasteiger partial charge in [0.1, 0.15) is 0 Å². The lowest BCUT2D eigenvalue weighted by molar-refractivity contribution is -0.128. The monoisotopic (exact) mass is 306 g/mol. The molecule has 1 fully saturated rings. The van der Waals surface area contributed by atoms with E-state index in [0.717, 1.165) is 16.9 Å². The third-order valence-corrected chi connectivity index (χ3v) is 3.98. The number of aliphatic hydroxyl groups excluding tert-OH is 1. The molecule has 0 aromatic heterocycles. The molecule has 0 saturated carbocycles. The Morgan fingerprint density at radius 1 is 1.36 bits per heavy atom. The molecule has 2 rings (SSSR count). The van der Waals surface area contributed by atoms with Gasteiger partial charge in [-0.1, -0.05) is 26.8 Å². The average molecular weight is 306 g/mol. The summed E-state index contributed by atoms with van der Waals surface area (Å²) in [7, 11) is 0. The zero-order valence-corrected chi connectivity index (χ0v) is 13.8. The number of aryl methyl sites for hydroxylation is 1. The quantitative estimate of drug-likeness (QED) is 0.781. The summed E-state index contributed by atoms with van der Waals surface area (Å²) in [5, 5.41) is 15.8. The molecular formula is C17H26N2O3. The Balaban J connectivity index is 2.05. The van der Waals surface area contributed by atoms with Crippen molar-refractivity contribution in [2.45, 2.75) is 27.7 Å². The van der Waals surface area contributed by atoms with Crippen molar-refractivity contribution in [3.05, 3.63) is 23.8 Å².